The first-order valence-electron chi connectivity index (χ1n) is 6.16. The van der Waals surface area contributed by atoms with E-state index in [-0.39, 0.29) is 17.3 Å². The van der Waals surface area contributed by atoms with Gasteiger partial charge in [-0.05, 0) is 32.1 Å². The highest BCUT2D eigenvalue weighted by molar-refractivity contribution is 5.99. The van der Waals surface area contributed by atoms with Gasteiger partial charge in [0.05, 0.1) is 7.11 Å². The van der Waals surface area contributed by atoms with E-state index in [1.165, 1.54) is 7.11 Å². The van der Waals surface area contributed by atoms with Crippen molar-refractivity contribution in [1.29, 1.82) is 0 Å². The number of hydrogen-bond acceptors (Lipinski definition) is 4. The lowest BCUT2D eigenvalue weighted by Crippen LogP contribution is -2.45. The molecule has 4 heteroatoms. The van der Waals surface area contributed by atoms with Crippen LogP contribution in [0.5, 0.6) is 0 Å². The lowest BCUT2D eigenvalue weighted by molar-refractivity contribution is -0.137. The molecular formula is C13H18O4. The van der Waals surface area contributed by atoms with Crippen LogP contribution in [0.3, 0.4) is 0 Å². The second-order valence-electron chi connectivity index (χ2n) is 4.78. The highest BCUT2D eigenvalue weighted by Crippen LogP contribution is 2.38. The van der Waals surface area contributed by atoms with Crippen LogP contribution in [0.2, 0.25) is 0 Å². The Hall–Kier alpha value is -1.16. The normalized spacial score (nSPS) is 30.7. The van der Waals surface area contributed by atoms with Gasteiger partial charge in [-0.15, -0.1) is 0 Å². The second-order valence-corrected chi connectivity index (χ2v) is 4.78. The molecular weight excluding hydrogens is 220 g/mol. The van der Waals surface area contributed by atoms with E-state index >= 15 is 0 Å². The summed E-state index contributed by atoms with van der Waals surface area (Å²) in [6, 6.07) is 0. The fraction of sp³-hybridized carbons (Fsp3) is 0.692. The van der Waals surface area contributed by atoms with Gasteiger partial charge < -0.3 is 9.84 Å². The lowest BCUT2D eigenvalue weighted by Gasteiger charge is -2.35. The highest BCUT2D eigenvalue weighted by atomic mass is 16.5. The third kappa shape index (κ3) is 2.02. The minimum Gasteiger partial charge on any atom is -0.493 e. The van der Waals surface area contributed by atoms with E-state index in [4.69, 9.17) is 4.74 Å². The molecule has 1 fully saturated rings. The molecule has 0 unspecified atom stereocenters. The number of hydrogen-bond donors (Lipinski definition) is 1. The van der Waals surface area contributed by atoms with Crippen molar-refractivity contribution in [2.24, 2.45) is 0 Å². The molecule has 0 saturated heterocycles. The molecule has 2 aliphatic carbocycles. The highest BCUT2D eigenvalue weighted by Gasteiger charge is 2.44. The molecule has 0 radical (unpaired) electrons. The summed E-state index contributed by atoms with van der Waals surface area (Å²) < 4.78 is 5.10. The van der Waals surface area contributed by atoms with E-state index in [9.17, 15) is 14.7 Å². The van der Waals surface area contributed by atoms with Crippen LogP contribution in [-0.4, -0.2) is 29.4 Å². The van der Waals surface area contributed by atoms with Crippen LogP contribution in [0.15, 0.2) is 11.3 Å². The largest absolute Gasteiger partial charge is 0.493 e. The number of allylic oxidation sites excluding steroid dienone is 1. The Bertz CT molecular complexity index is 383. The fourth-order valence-electron chi connectivity index (χ4n) is 2.78. The fourth-order valence-corrected chi connectivity index (χ4v) is 2.78. The molecule has 0 bridgehead atoms. The van der Waals surface area contributed by atoms with Gasteiger partial charge in [0.2, 0.25) is 0 Å². The molecule has 0 aromatic rings. The molecule has 1 N–H and O–H groups in total. The number of rotatable bonds is 2. The summed E-state index contributed by atoms with van der Waals surface area (Å²) in [6.07, 6.45) is 4.17. The third-order valence-electron chi connectivity index (χ3n) is 3.72. The van der Waals surface area contributed by atoms with Crippen molar-refractivity contribution in [2.75, 3.05) is 7.11 Å². The van der Waals surface area contributed by atoms with Crippen LogP contribution in [0.25, 0.3) is 0 Å². The zero-order valence-electron chi connectivity index (χ0n) is 10.1. The second kappa shape index (κ2) is 4.61. The van der Waals surface area contributed by atoms with Crippen LogP contribution < -0.4 is 0 Å². The van der Waals surface area contributed by atoms with E-state index in [0.717, 1.165) is 12.8 Å². The molecule has 0 heterocycles. The zero-order valence-corrected chi connectivity index (χ0v) is 10.1. The first kappa shape index (κ1) is 12.3. The Morgan fingerprint density at radius 1 is 1.12 bits per heavy atom. The van der Waals surface area contributed by atoms with Gasteiger partial charge in [0, 0.05) is 18.4 Å². The number of Topliss-reactive ketones (excluding diaryl/α,β-unsaturated/α-hetero) is 2. The minimum atomic E-state index is -1.44. The maximum Gasteiger partial charge on any atom is 0.197 e. The Kier molecular flexibility index (Phi) is 3.33. The average molecular weight is 238 g/mol. The summed E-state index contributed by atoms with van der Waals surface area (Å²) >= 11 is 0. The van der Waals surface area contributed by atoms with Crippen LogP contribution >= 0.6 is 0 Å². The third-order valence-corrected chi connectivity index (χ3v) is 3.72. The summed E-state index contributed by atoms with van der Waals surface area (Å²) in [6.45, 7) is 0. The van der Waals surface area contributed by atoms with Crippen LogP contribution in [-0.2, 0) is 14.3 Å². The Balaban J connectivity index is 2.42. The first-order chi connectivity index (χ1) is 8.09. The van der Waals surface area contributed by atoms with Gasteiger partial charge in [0.25, 0.3) is 0 Å². The number of ether oxygens (including phenoxy) is 1. The van der Waals surface area contributed by atoms with Gasteiger partial charge in [0.15, 0.2) is 17.3 Å². The standard InChI is InChI=1S/C13H18O4/c1-17-12-9(5-4-6-10(12)14)13(16)8-3-2-7-11(13)15/h16H,2-8H2,1H3/t13-/m0/s1. The number of carbonyl (C=O) groups is 2. The van der Waals surface area contributed by atoms with Crippen LogP contribution in [0.4, 0.5) is 0 Å². The van der Waals surface area contributed by atoms with E-state index in [2.05, 4.69) is 0 Å². The minimum absolute atomic E-state index is 0.0967. The number of carbonyl (C=O) groups excluding carboxylic acids is 2. The molecule has 2 aliphatic rings. The molecule has 17 heavy (non-hydrogen) atoms. The average Bonchev–Trinajstić information content (AvgIpc) is 2.33. The Morgan fingerprint density at radius 3 is 2.53 bits per heavy atom. The molecule has 2 rings (SSSR count). The first-order valence-corrected chi connectivity index (χ1v) is 6.16. The summed E-state index contributed by atoms with van der Waals surface area (Å²) in [7, 11) is 1.43. The van der Waals surface area contributed by atoms with Gasteiger partial charge in [0.1, 0.15) is 5.60 Å². The molecule has 0 amide bonds. The van der Waals surface area contributed by atoms with Gasteiger partial charge in [-0.25, -0.2) is 0 Å². The number of ketones is 2. The molecule has 4 nitrogen and oxygen atoms in total. The number of methoxy groups -OCH3 is 1. The number of aliphatic hydroxyl groups is 1. The van der Waals surface area contributed by atoms with Crippen LogP contribution in [0, 0.1) is 0 Å². The quantitative estimate of drug-likeness (QED) is 0.792. The van der Waals surface area contributed by atoms with Crippen molar-refractivity contribution in [1.82, 2.24) is 0 Å². The van der Waals surface area contributed by atoms with Gasteiger partial charge in [-0.3, -0.25) is 9.59 Å². The van der Waals surface area contributed by atoms with Crippen LogP contribution in [0.1, 0.15) is 44.9 Å². The van der Waals surface area contributed by atoms with Crippen molar-refractivity contribution in [2.45, 2.75) is 50.5 Å². The summed E-state index contributed by atoms with van der Waals surface area (Å²) in [5.41, 5.74) is -0.930. The molecule has 1 saturated carbocycles. The summed E-state index contributed by atoms with van der Waals surface area (Å²) in [4.78, 5) is 23.7. The maximum absolute atomic E-state index is 11.9. The molecule has 94 valence electrons. The predicted octanol–water partition coefficient (Wildman–Crippen LogP) is 1.51. The van der Waals surface area contributed by atoms with Gasteiger partial charge in [-0.1, -0.05) is 0 Å². The van der Waals surface area contributed by atoms with E-state index in [1.807, 2.05) is 0 Å². The Labute approximate surface area is 101 Å². The summed E-state index contributed by atoms with van der Waals surface area (Å²) in [5, 5.41) is 10.5. The van der Waals surface area contributed by atoms with Crippen molar-refractivity contribution < 1.29 is 19.4 Å². The maximum atomic E-state index is 11.9. The SMILES string of the molecule is COC1=C([C@@]2(O)CCCCC2=O)CCCC1=O. The topological polar surface area (TPSA) is 63.6 Å². The molecule has 0 aromatic heterocycles. The van der Waals surface area contributed by atoms with Gasteiger partial charge >= 0.3 is 0 Å². The molecule has 1 atom stereocenters. The lowest BCUT2D eigenvalue weighted by atomic mass is 9.74. The summed E-state index contributed by atoms with van der Waals surface area (Å²) in [5.74, 6) is -0.0439. The van der Waals surface area contributed by atoms with Crippen molar-refractivity contribution in [3.8, 4) is 0 Å². The van der Waals surface area contributed by atoms with Crippen molar-refractivity contribution >= 4 is 11.6 Å². The van der Waals surface area contributed by atoms with E-state index in [0.29, 0.717) is 37.7 Å². The van der Waals surface area contributed by atoms with Gasteiger partial charge in [-0.2, -0.15) is 0 Å². The predicted molar refractivity (Wildman–Crippen MR) is 61.3 cm³/mol. The Morgan fingerprint density at radius 2 is 1.88 bits per heavy atom. The zero-order chi connectivity index (χ0) is 12.5. The van der Waals surface area contributed by atoms with Crippen molar-refractivity contribution in [3.05, 3.63) is 11.3 Å². The van der Waals surface area contributed by atoms with E-state index < -0.39 is 5.60 Å². The monoisotopic (exact) mass is 238 g/mol. The molecule has 0 spiro atoms. The van der Waals surface area contributed by atoms with E-state index in [1.54, 1.807) is 0 Å². The van der Waals surface area contributed by atoms with Crippen molar-refractivity contribution in [3.63, 3.8) is 0 Å². The smallest absolute Gasteiger partial charge is 0.197 e. The molecule has 0 aliphatic heterocycles. The molecule has 0 aromatic carbocycles.